The van der Waals surface area contributed by atoms with Crippen LogP contribution in [0.2, 0.25) is 0 Å². The number of aryl methyl sites for hydroxylation is 2. The Balaban J connectivity index is 2.03. The fourth-order valence-electron chi connectivity index (χ4n) is 2.74. The van der Waals surface area contributed by atoms with Gasteiger partial charge in [-0.3, -0.25) is 0 Å². The van der Waals surface area contributed by atoms with E-state index in [0.717, 1.165) is 6.54 Å². The largest absolute Gasteiger partial charge is 0.310 e. The SMILES string of the molecule is CCCCc1ccc2c(c1)CCC2NCCC. The van der Waals surface area contributed by atoms with Crippen LogP contribution in [0.3, 0.4) is 0 Å². The Morgan fingerprint density at radius 1 is 1.24 bits per heavy atom. The van der Waals surface area contributed by atoms with Crippen LogP contribution in [-0.4, -0.2) is 6.54 Å². The van der Waals surface area contributed by atoms with Crippen molar-refractivity contribution in [1.82, 2.24) is 5.32 Å². The number of unbranched alkanes of at least 4 members (excludes halogenated alkanes) is 1. The molecule has 94 valence electrons. The van der Waals surface area contributed by atoms with Crippen LogP contribution in [0, 0.1) is 0 Å². The first-order valence-corrected chi connectivity index (χ1v) is 7.20. The third kappa shape index (κ3) is 3.10. The van der Waals surface area contributed by atoms with E-state index in [4.69, 9.17) is 0 Å². The molecule has 1 aliphatic rings. The molecule has 0 bridgehead atoms. The lowest BCUT2D eigenvalue weighted by atomic mass is 10.0. The summed E-state index contributed by atoms with van der Waals surface area (Å²) in [5, 5.41) is 3.65. The van der Waals surface area contributed by atoms with Crippen molar-refractivity contribution in [3.05, 3.63) is 34.9 Å². The Hall–Kier alpha value is -0.820. The summed E-state index contributed by atoms with van der Waals surface area (Å²) in [4.78, 5) is 0. The highest BCUT2D eigenvalue weighted by atomic mass is 14.9. The van der Waals surface area contributed by atoms with Crippen molar-refractivity contribution in [3.63, 3.8) is 0 Å². The van der Waals surface area contributed by atoms with Gasteiger partial charge in [0.1, 0.15) is 0 Å². The molecule has 0 radical (unpaired) electrons. The lowest BCUT2D eigenvalue weighted by molar-refractivity contribution is 0.529. The topological polar surface area (TPSA) is 12.0 Å². The fourth-order valence-corrected chi connectivity index (χ4v) is 2.74. The van der Waals surface area contributed by atoms with Crippen LogP contribution in [0.5, 0.6) is 0 Å². The highest BCUT2D eigenvalue weighted by Crippen LogP contribution is 2.31. The molecule has 0 amide bonds. The van der Waals surface area contributed by atoms with Crippen molar-refractivity contribution >= 4 is 0 Å². The number of benzene rings is 1. The Kier molecular flexibility index (Phi) is 4.61. The summed E-state index contributed by atoms with van der Waals surface area (Å²) in [5.41, 5.74) is 4.67. The number of hydrogen-bond donors (Lipinski definition) is 1. The zero-order chi connectivity index (χ0) is 12.1. The van der Waals surface area contributed by atoms with Gasteiger partial charge in [-0.1, -0.05) is 38.5 Å². The first-order chi connectivity index (χ1) is 8.35. The maximum Gasteiger partial charge on any atom is 0.0326 e. The van der Waals surface area contributed by atoms with Gasteiger partial charge in [-0.25, -0.2) is 0 Å². The molecule has 0 heterocycles. The molecule has 1 atom stereocenters. The van der Waals surface area contributed by atoms with E-state index < -0.39 is 0 Å². The van der Waals surface area contributed by atoms with Crippen molar-refractivity contribution in [2.75, 3.05) is 6.54 Å². The number of rotatable bonds is 6. The Morgan fingerprint density at radius 2 is 2.12 bits per heavy atom. The fraction of sp³-hybridized carbons (Fsp3) is 0.625. The average Bonchev–Trinajstić information content (AvgIpc) is 2.76. The van der Waals surface area contributed by atoms with Crippen LogP contribution in [0.1, 0.15) is 62.3 Å². The predicted octanol–water partition coefficient (Wildman–Crippen LogP) is 4.02. The number of nitrogens with one attached hydrogen (secondary N) is 1. The highest BCUT2D eigenvalue weighted by Gasteiger charge is 2.21. The van der Waals surface area contributed by atoms with Gasteiger partial charge in [0.15, 0.2) is 0 Å². The molecule has 1 aromatic carbocycles. The van der Waals surface area contributed by atoms with Gasteiger partial charge in [0.05, 0.1) is 0 Å². The second kappa shape index (κ2) is 6.20. The summed E-state index contributed by atoms with van der Waals surface area (Å²) < 4.78 is 0. The molecule has 1 aromatic rings. The number of hydrogen-bond acceptors (Lipinski definition) is 1. The van der Waals surface area contributed by atoms with E-state index in [0.29, 0.717) is 6.04 Å². The lowest BCUT2D eigenvalue weighted by Crippen LogP contribution is -2.19. The van der Waals surface area contributed by atoms with Gasteiger partial charge in [0.2, 0.25) is 0 Å². The van der Waals surface area contributed by atoms with E-state index in [1.165, 1.54) is 44.1 Å². The average molecular weight is 231 g/mol. The quantitative estimate of drug-likeness (QED) is 0.780. The third-order valence-electron chi connectivity index (χ3n) is 3.74. The molecular formula is C16H25N. The molecule has 17 heavy (non-hydrogen) atoms. The summed E-state index contributed by atoms with van der Waals surface area (Å²) in [5.74, 6) is 0. The Morgan fingerprint density at radius 3 is 2.88 bits per heavy atom. The molecule has 0 aliphatic heterocycles. The minimum Gasteiger partial charge on any atom is -0.310 e. The minimum absolute atomic E-state index is 0.616. The Bertz CT molecular complexity index is 357. The third-order valence-corrected chi connectivity index (χ3v) is 3.74. The van der Waals surface area contributed by atoms with E-state index in [1.807, 2.05) is 0 Å². The summed E-state index contributed by atoms with van der Waals surface area (Å²) in [6, 6.07) is 7.75. The molecule has 0 saturated carbocycles. The summed E-state index contributed by atoms with van der Waals surface area (Å²) in [6.07, 6.45) is 7.62. The second-order valence-electron chi connectivity index (χ2n) is 5.18. The van der Waals surface area contributed by atoms with E-state index in [9.17, 15) is 0 Å². The lowest BCUT2D eigenvalue weighted by Gasteiger charge is -2.13. The van der Waals surface area contributed by atoms with Crippen molar-refractivity contribution in [2.45, 2.75) is 58.4 Å². The van der Waals surface area contributed by atoms with Gasteiger partial charge >= 0.3 is 0 Å². The first-order valence-electron chi connectivity index (χ1n) is 7.20. The zero-order valence-electron chi connectivity index (χ0n) is 11.3. The molecule has 1 N–H and O–H groups in total. The van der Waals surface area contributed by atoms with Gasteiger partial charge in [0.25, 0.3) is 0 Å². The standard InChI is InChI=1S/C16H25N/c1-3-5-6-13-7-9-15-14(12-13)8-10-16(15)17-11-4-2/h7,9,12,16-17H,3-6,8,10-11H2,1-2H3. The van der Waals surface area contributed by atoms with Gasteiger partial charge < -0.3 is 5.32 Å². The Labute approximate surface area is 106 Å². The van der Waals surface area contributed by atoms with Crippen LogP contribution in [-0.2, 0) is 12.8 Å². The first kappa shape index (κ1) is 12.6. The van der Waals surface area contributed by atoms with Crippen molar-refractivity contribution < 1.29 is 0 Å². The molecule has 1 nitrogen and oxygen atoms in total. The molecule has 0 fully saturated rings. The van der Waals surface area contributed by atoms with Crippen molar-refractivity contribution in [2.24, 2.45) is 0 Å². The molecule has 1 unspecified atom stereocenters. The van der Waals surface area contributed by atoms with E-state index in [1.54, 1.807) is 11.1 Å². The van der Waals surface area contributed by atoms with Crippen molar-refractivity contribution in [3.8, 4) is 0 Å². The molecule has 2 rings (SSSR count). The number of fused-ring (bicyclic) bond motifs is 1. The van der Waals surface area contributed by atoms with E-state index in [2.05, 4.69) is 37.4 Å². The molecule has 0 saturated heterocycles. The normalized spacial score (nSPS) is 18.4. The molecule has 1 heteroatoms. The maximum atomic E-state index is 3.65. The summed E-state index contributed by atoms with van der Waals surface area (Å²) in [7, 11) is 0. The van der Waals surface area contributed by atoms with Crippen LogP contribution < -0.4 is 5.32 Å². The smallest absolute Gasteiger partial charge is 0.0326 e. The molecule has 1 aliphatic carbocycles. The van der Waals surface area contributed by atoms with Gasteiger partial charge in [-0.2, -0.15) is 0 Å². The zero-order valence-corrected chi connectivity index (χ0v) is 11.3. The van der Waals surface area contributed by atoms with Crippen LogP contribution in [0.15, 0.2) is 18.2 Å². The monoisotopic (exact) mass is 231 g/mol. The van der Waals surface area contributed by atoms with E-state index in [-0.39, 0.29) is 0 Å². The second-order valence-corrected chi connectivity index (χ2v) is 5.18. The van der Waals surface area contributed by atoms with Gasteiger partial charge in [-0.05, 0) is 55.3 Å². The van der Waals surface area contributed by atoms with E-state index >= 15 is 0 Å². The van der Waals surface area contributed by atoms with Crippen LogP contribution >= 0.6 is 0 Å². The molecular weight excluding hydrogens is 206 g/mol. The highest BCUT2D eigenvalue weighted by molar-refractivity contribution is 5.38. The summed E-state index contributed by atoms with van der Waals surface area (Å²) >= 11 is 0. The van der Waals surface area contributed by atoms with Gasteiger partial charge in [-0.15, -0.1) is 0 Å². The maximum absolute atomic E-state index is 3.65. The van der Waals surface area contributed by atoms with Crippen LogP contribution in [0.4, 0.5) is 0 Å². The predicted molar refractivity (Wildman–Crippen MR) is 74.4 cm³/mol. The van der Waals surface area contributed by atoms with Crippen molar-refractivity contribution in [1.29, 1.82) is 0 Å². The molecule has 0 aromatic heterocycles. The van der Waals surface area contributed by atoms with Gasteiger partial charge in [0, 0.05) is 6.04 Å². The van der Waals surface area contributed by atoms with Crippen LogP contribution in [0.25, 0.3) is 0 Å². The summed E-state index contributed by atoms with van der Waals surface area (Å²) in [6.45, 7) is 5.64. The minimum atomic E-state index is 0.616. The molecule has 0 spiro atoms.